The summed E-state index contributed by atoms with van der Waals surface area (Å²) in [5.41, 5.74) is 11.1. The zero-order valence-electron chi connectivity index (χ0n) is 10.3. The number of aryl methyl sites for hydroxylation is 3. The van der Waals surface area contributed by atoms with Gasteiger partial charge in [0, 0.05) is 4.88 Å². The van der Waals surface area contributed by atoms with Crippen LogP contribution in [-0.4, -0.2) is 0 Å². The Balaban J connectivity index is 2.40. The molecule has 0 saturated carbocycles. The topological polar surface area (TPSA) is 26.0 Å². The monoisotopic (exact) mass is 265 g/mol. The molecule has 1 nitrogen and oxygen atoms in total. The Morgan fingerprint density at radius 1 is 1.12 bits per heavy atom. The Morgan fingerprint density at radius 3 is 2.35 bits per heavy atom. The maximum atomic E-state index is 6.28. The normalized spacial score (nSPS) is 12.8. The minimum absolute atomic E-state index is 0.125. The van der Waals surface area contributed by atoms with Crippen LogP contribution < -0.4 is 5.73 Å². The molecule has 1 unspecified atom stereocenters. The van der Waals surface area contributed by atoms with Crippen LogP contribution >= 0.6 is 22.9 Å². The minimum Gasteiger partial charge on any atom is -0.320 e. The molecule has 1 atom stereocenters. The van der Waals surface area contributed by atoms with Crippen molar-refractivity contribution in [2.75, 3.05) is 0 Å². The Kier molecular flexibility index (Phi) is 3.57. The molecule has 0 bridgehead atoms. The fourth-order valence-corrected chi connectivity index (χ4v) is 3.11. The summed E-state index contributed by atoms with van der Waals surface area (Å²) in [5.74, 6) is 0. The van der Waals surface area contributed by atoms with Crippen LogP contribution in [0.4, 0.5) is 0 Å². The van der Waals surface area contributed by atoms with Gasteiger partial charge in [-0.15, -0.1) is 11.3 Å². The maximum Gasteiger partial charge on any atom is 0.0661 e. The van der Waals surface area contributed by atoms with E-state index in [0.29, 0.717) is 0 Å². The molecule has 1 aromatic carbocycles. The molecule has 1 aromatic heterocycles. The number of halogens is 1. The van der Waals surface area contributed by atoms with Gasteiger partial charge in [0.2, 0.25) is 0 Å². The lowest BCUT2D eigenvalue weighted by Crippen LogP contribution is -2.11. The lowest BCUT2D eigenvalue weighted by atomic mass is 10.0. The van der Waals surface area contributed by atoms with Crippen LogP contribution in [0.15, 0.2) is 23.6 Å². The van der Waals surface area contributed by atoms with Crippen molar-refractivity contribution in [1.29, 1.82) is 0 Å². The lowest BCUT2D eigenvalue weighted by Gasteiger charge is -2.13. The molecule has 17 heavy (non-hydrogen) atoms. The molecular formula is C14H16ClNS. The van der Waals surface area contributed by atoms with Crippen LogP contribution in [0.5, 0.6) is 0 Å². The van der Waals surface area contributed by atoms with E-state index >= 15 is 0 Å². The summed E-state index contributed by atoms with van der Waals surface area (Å²) in [7, 11) is 0. The second-order valence-corrected chi connectivity index (χ2v) is 5.71. The molecule has 3 heteroatoms. The largest absolute Gasteiger partial charge is 0.320 e. The van der Waals surface area contributed by atoms with Crippen molar-refractivity contribution in [2.24, 2.45) is 5.73 Å². The second kappa shape index (κ2) is 4.81. The summed E-state index contributed by atoms with van der Waals surface area (Å²) in [5, 5.41) is 2.86. The Morgan fingerprint density at radius 2 is 1.82 bits per heavy atom. The van der Waals surface area contributed by atoms with Crippen molar-refractivity contribution in [3.05, 3.63) is 55.7 Å². The minimum atomic E-state index is -0.125. The van der Waals surface area contributed by atoms with E-state index in [-0.39, 0.29) is 6.04 Å². The van der Waals surface area contributed by atoms with Gasteiger partial charge in [-0.1, -0.05) is 29.8 Å². The fourth-order valence-electron chi connectivity index (χ4n) is 1.77. The van der Waals surface area contributed by atoms with Crippen LogP contribution in [0.25, 0.3) is 0 Å². The van der Waals surface area contributed by atoms with Gasteiger partial charge >= 0.3 is 0 Å². The van der Waals surface area contributed by atoms with Crippen molar-refractivity contribution in [3.63, 3.8) is 0 Å². The third-order valence-corrected chi connectivity index (χ3v) is 4.89. The molecule has 0 fully saturated rings. The summed E-state index contributed by atoms with van der Waals surface area (Å²) < 4.78 is 0. The quantitative estimate of drug-likeness (QED) is 0.857. The molecule has 0 aliphatic carbocycles. The smallest absolute Gasteiger partial charge is 0.0661 e. The van der Waals surface area contributed by atoms with Crippen molar-refractivity contribution < 1.29 is 0 Å². The van der Waals surface area contributed by atoms with Gasteiger partial charge in [0.05, 0.1) is 11.1 Å². The van der Waals surface area contributed by atoms with E-state index in [1.54, 1.807) is 11.3 Å². The number of hydrogen-bond acceptors (Lipinski definition) is 2. The van der Waals surface area contributed by atoms with Crippen molar-refractivity contribution in [1.82, 2.24) is 0 Å². The molecule has 0 aliphatic heterocycles. The zero-order chi connectivity index (χ0) is 12.6. The molecule has 2 aromatic rings. The first-order valence-corrected chi connectivity index (χ1v) is 6.82. The molecule has 2 rings (SSSR count). The van der Waals surface area contributed by atoms with Gasteiger partial charge in [0.1, 0.15) is 0 Å². The van der Waals surface area contributed by atoms with E-state index in [1.807, 2.05) is 6.92 Å². The van der Waals surface area contributed by atoms with E-state index in [1.165, 1.54) is 11.1 Å². The molecule has 2 N–H and O–H groups in total. The summed E-state index contributed by atoms with van der Waals surface area (Å²) >= 11 is 7.89. The fraction of sp³-hybridized carbons (Fsp3) is 0.286. The van der Waals surface area contributed by atoms with Crippen LogP contribution in [0.3, 0.4) is 0 Å². The number of benzene rings is 1. The van der Waals surface area contributed by atoms with Crippen LogP contribution in [-0.2, 0) is 0 Å². The van der Waals surface area contributed by atoms with Gasteiger partial charge in [0.15, 0.2) is 0 Å². The first-order chi connectivity index (χ1) is 8.00. The molecule has 0 spiro atoms. The van der Waals surface area contributed by atoms with Crippen LogP contribution in [0, 0.1) is 20.8 Å². The Hall–Kier alpha value is -0.830. The average Bonchev–Trinajstić information content (AvgIpc) is 2.63. The average molecular weight is 266 g/mol. The van der Waals surface area contributed by atoms with Crippen molar-refractivity contribution in [3.8, 4) is 0 Å². The van der Waals surface area contributed by atoms with E-state index < -0.39 is 0 Å². The Labute approximate surface area is 111 Å². The van der Waals surface area contributed by atoms with Crippen LogP contribution in [0.1, 0.15) is 33.2 Å². The molecule has 1 heterocycles. The number of nitrogens with two attached hydrogens (primary N) is 1. The SMILES string of the molecule is Cc1ccc(C(N)c2scc(C)c2Cl)cc1C. The molecule has 0 amide bonds. The molecule has 0 saturated heterocycles. The highest BCUT2D eigenvalue weighted by atomic mass is 35.5. The third-order valence-electron chi connectivity index (χ3n) is 3.10. The predicted octanol–water partition coefficient (Wildman–Crippen LogP) is 4.37. The number of hydrogen-bond donors (Lipinski definition) is 1. The second-order valence-electron chi connectivity index (χ2n) is 4.42. The van der Waals surface area contributed by atoms with Gasteiger partial charge in [0.25, 0.3) is 0 Å². The van der Waals surface area contributed by atoms with Crippen molar-refractivity contribution in [2.45, 2.75) is 26.8 Å². The number of rotatable bonds is 2. The van der Waals surface area contributed by atoms with E-state index in [2.05, 4.69) is 37.4 Å². The predicted molar refractivity (Wildman–Crippen MR) is 76.0 cm³/mol. The van der Waals surface area contributed by atoms with Gasteiger partial charge < -0.3 is 5.73 Å². The number of thiophene rings is 1. The summed E-state index contributed by atoms with van der Waals surface area (Å²) in [4.78, 5) is 1.05. The third kappa shape index (κ3) is 2.39. The zero-order valence-corrected chi connectivity index (χ0v) is 11.8. The van der Waals surface area contributed by atoms with Gasteiger partial charge in [-0.2, -0.15) is 0 Å². The summed E-state index contributed by atoms with van der Waals surface area (Å²) in [6.45, 7) is 6.22. The van der Waals surface area contributed by atoms with Gasteiger partial charge in [-0.05, 0) is 48.4 Å². The molecule has 0 radical (unpaired) electrons. The highest BCUT2D eigenvalue weighted by Gasteiger charge is 2.16. The van der Waals surface area contributed by atoms with Gasteiger partial charge in [-0.25, -0.2) is 0 Å². The highest BCUT2D eigenvalue weighted by Crippen LogP contribution is 2.34. The van der Waals surface area contributed by atoms with Gasteiger partial charge in [-0.3, -0.25) is 0 Å². The lowest BCUT2D eigenvalue weighted by molar-refractivity contribution is 0.889. The van der Waals surface area contributed by atoms with E-state index in [0.717, 1.165) is 21.0 Å². The van der Waals surface area contributed by atoms with Crippen molar-refractivity contribution >= 4 is 22.9 Å². The molecular weight excluding hydrogens is 250 g/mol. The molecule has 0 aliphatic rings. The summed E-state index contributed by atoms with van der Waals surface area (Å²) in [6.07, 6.45) is 0. The first kappa shape index (κ1) is 12.6. The Bertz CT molecular complexity index is 545. The summed E-state index contributed by atoms with van der Waals surface area (Å²) in [6, 6.07) is 6.21. The highest BCUT2D eigenvalue weighted by molar-refractivity contribution is 7.10. The molecule has 90 valence electrons. The maximum absolute atomic E-state index is 6.28. The first-order valence-electron chi connectivity index (χ1n) is 5.57. The van der Waals surface area contributed by atoms with E-state index in [4.69, 9.17) is 17.3 Å². The van der Waals surface area contributed by atoms with E-state index in [9.17, 15) is 0 Å². The standard InChI is InChI=1S/C14H16ClNS/c1-8-4-5-11(6-9(8)2)13(16)14-12(15)10(3)7-17-14/h4-7,13H,16H2,1-3H3. The van der Waals surface area contributed by atoms with Crippen LogP contribution in [0.2, 0.25) is 5.02 Å².